The van der Waals surface area contributed by atoms with E-state index in [1.54, 1.807) is 29.5 Å². The fourth-order valence-corrected chi connectivity index (χ4v) is 4.40. The van der Waals surface area contributed by atoms with Gasteiger partial charge in [0.05, 0.1) is 23.4 Å². The molecule has 0 radical (unpaired) electrons. The number of aromatic nitrogens is 1. The van der Waals surface area contributed by atoms with Gasteiger partial charge >= 0.3 is 0 Å². The molecule has 4 rings (SSSR count). The van der Waals surface area contributed by atoms with Gasteiger partial charge in [0.2, 0.25) is 0 Å². The molecule has 2 aromatic heterocycles. The van der Waals surface area contributed by atoms with E-state index in [1.165, 1.54) is 10.9 Å². The van der Waals surface area contributed by atoms with Crippen LogP contribution in [-0.2, 0) is 17.8 Å². The van der Waals surface area contributed by atoms with Crippen molar-refractivity contribution in [2.75, 3.05) is 26.3 Å². The Morgan fingerprint density at radius 1 is 1.33 bits per heavy atom. The standard InChI is InChI=1S/C20H22FN3O2S/c1-13-10-17-19(27-13)15(12-24-6-8-26-9-7-24)18(23-17)20(25)22-11-14-4-2-3-5-16(14)21/h2-5,10,23H,6-9,11-12H2,1H3,(H,22,25). The van der Waals surface area contributed by atoms with E-state index in [2.05, 4.69) is 28.2 Å². The normalized spacial score (nSPS) is 15.3. The van der Waals surface area contributed by atoms with Crippen molar-refractivity contribution in [2.24, 2.45) is 0 Å². The molecular formula is C20H22FN3O2S. The fraction of sp³-hybridized carbons (Fsp3) is 0.350. The Kier molecular flexibility index (Phi) is 5.24. The van der Waals surface area contributed by atoms with E-state index in [1.807, 2.05) is 0 Å². The molecule has 0 unspecified atom stereocenters. The van der Waals surface area contributed by atoms with Crippen LogP contribution in [0.25, 0.3) is 10.2 Å². The zero-order valence-corrected chi connectivity index (χ0v) is 16.0. The first kappa shape index (κ1) is 18.2. The SMILES string of the molecule is Cc1cc2[nH]c(C(=O)NCc3ccccc3F)c(CN3CCOCC3)c2s1. The quantitative estimate of drug-likeness (QED) is 0.705. The van der Waals surface area contributed by atoms with Crippen molar-refractivity contribution >= 4 is 27.5 Å². The molecule has 3 heterocycles. The lowest BCUT2D eigenvalue weighted by Gasteiger charge is -2.26. The Morgan fingerprint density at radius 3 is 2.89 bits per heavy atom. The summed E-state index contributed by atoms with van der Waals surface area (Å²) in [5, 5.41) is 2.85. The lowest BCUT2D eigenvalue weighted by molar-refractivity contribution is 0.0342. The summed E-state index contributed by atoms with van der Waals surface area (Å²) in [4.78, 5) is 19.6. The second kappa shape index (κ2) is 7.80. The van der Waals surface area contributed by atoms with Crippen LogP contribution in [0, 0.1) is 12.7 Å². The number of halogens is 1. The summed E-state index contributed by atoms with van der Waals surface area (Å²) in [7, 11) is 0. The van der Waals surface area contributed by atoms with E-state index in [0.29, 0.717) is 31.0 Å². The molecule has 1 fully saturated rings. The Labute approximate surface area is 161 Å². The molecule has 1 saturated heterocycles. The summed E-state index contributed by atoms with van der Waals surface area (Å²) in [6.07, 6.45) is 0. The molecule has 7 heteroatoms. The molecule has 1 aliphatic rings. The number of ether oxygens (including phenoxy) is 1. The minimum atomic E-state index is -0.311. The van der Waals surface area contributed by atoms with Crippen LogP contribution in [0.15, 0.2) is 30.3 Å². The molecule has 5 nitrogen and oxygen atoms in total. The predicted molar refractivity (Wildman–Crippen MR) is 105 cm³/mol. The van der Waals surface area contributed by atoms with Gasteiger partial charge in [-0.15, -0.1) is 11.3 Å². The van der Waals surface area contributed by atoms with E-state index in [0.717, 1.165) is 28.9 Å². The molecule has 0 bridgehead atoms. The largest absolute Gasteiger partial charge is 0.379 e. The third kappa shape index (κ3) is 3.90. The van der Waals surface area contributed by atoms with Gasteiger partial charge in [-0.05, 0) is 19.1 Å². The molecule has 2 N–H and O–H groups in total. The second-order valence-corrected chi connectivity index (χ2v) is 8.00. The fourth-order valence-electron chi connectivity index (χ4n) is 3.39. The summed E-state index contributed by atoms with van der Waals surface area (Å²) in [6, 6.07) is 8.56. The Morgan fingerprint density at radius 2 is 2.11 bits per heavy atom. The highest BCUT2D eigenvalue weighted by molar-refractivity contribution is 7.19. The number of H-pyrrole nitrogens is 1. The Balaban J connectivity index is 1.57. The number of fused-ring (bicyclic) bond motifs is 1. The molecule has 27 heavy (non-hydrogen) atoms. The third-order valence-corrected chi connectivity index (χ3v) is 5.91. The molecule has 1 amide bonds. The van der Waals surface area contributed by atoms with Crippen LogP contribution >= 0.6 is 11.3 Å². The number of benzene rings is 1. The first-order valence-electron chi connectivity index (χ1n) is 9.04. The van der Waals surface area contributed by atoms with Crippen molar-refractivity contribution in [3.05, 3.63) is 57.8 Å². The van der Waals surface area contributed by atoms with Crippen LogP contribution in [0.3, 0.4) is 0 Å². The number of hydrogen-bond donors (Lipinski definition) is 2. The molecule has 142 valence electrons. The number of nitrogens with zero attached hydrogens (tertiary/aromatic N) is 1. The van der Waals surface area contributed by atoms with E-state index in [9.17, 15) is 9.18 Å². The highest BCUT2D eigenvalue weighted by atomic mass is 32.1. The maximum atomic E-state index is 13.8. The van der Waals surface area contributed by atoms with E-state index in [4.69, 9.17) is 4.74 Å². The smallest absolute Gasteiger partial charge is 0.268 e. The van der Waals surface area contributed by atoms with Gasteiger partial charge in [-0.3, -0.25) is 9.69 Å². The molecule has 3 aromatic rings. The second-order valence-electron chi connectivity index (χ2n) is 6.74. The number of aryl methyl sites for hydroxylation is 1. The van der Waals surface area contributed by atoms with Crippen molar-refractivity contribution < 1.29 is 13.9 Å². The third-order valence-electron chi connectivity index (χ3n) is 4.80. The molecule has 1 aromatic carbocycles. The van der Waals surface area contributed by atoms with E-state index >= 15 is 0 Å². The van der Waals surface area contributed by atoms with Gasteiger partial charge in [0.1, 0.15) is 11.5 Å². The van der Waals surface area contributed by atoms with Gasteiger partial charge in [-0.1, -0.05) is 18.2 Å². The number of morpholine rings is 1. The van der Waals surface area contributed by atoms with Gasteiger partial charge in [0, 0.05) is 42.2 Å². The van der Waals surface area contributed by atoms with Crippen LogP contribution in [0.4, 0.5) is 4.39 Å². The van der Waals surface area contributed by atoms with Gasteiger partial charge in [0.15, 0.2) is 0 Å². The van der Waals surface area contributed by atoms with Crippen molar-refractivity contribution in [1.29, 1.82) is 0 Å². The molecule has 1 aliphatic heterocycles. The van der Waals surface area contributed by atoms with Crippen LogP contribution in [-0.4, -0.2) is 42.1 Å². The number of thiophene rings is 1. The van der Waals surface area contributed by atoms with E-state index in [-0.39, 0.29) is 18.3 Å². The number of nitrogens with one attached hydrogen (secondary N) is 2. The zero-order valence-electron chi connectivity index (χ0n) is 15.2. The average molecular weight is 387 g/mol. The van der Waals surface area contributed by atoms with Crippen molar-refractivity contribution in [3.8, 4) is 0 Å². The van der Waals surface area contributed by atoms with E-state index < -0.39 is 0 Å². The van der Waals surface area contributed by atoms with Crippen LogP contribution < -0.4 is 5.32 Å². The average Bonchev–Trinajstić information content (AvgIpc) is 3.19. The van der Waals surface area contributed by atoms with Crippen molar-refractivity contribution in [2.45, 2.75) is 20.0 Å². The Bertz CT molecular complexity index is 959. The number of amides is 1. The summed E-state index contributed by atoms with van der Waals surface area (Å²) in [6.45, 7) is 6.06. The summed E-state index contributed by atoms with van der Waals surface area (Å²) < 4.78 is 20.4. The van der Waals surface area contributed by atoms with Gasteiger partial charge in [0.25, 0.3) is 5.91 Å². The molecule has 0 spiro atoms. The first-order valence-corrected chi connectivity index (χ1v) is 9.86. The monoisotopic (exact) mass is 387 g/mol. The number of aromatic amines is 1. The van der Waals surface area contributed by atoms with Crippen LogP contribution in [0.1, 0.15) is 26.5 Å². The van der Waals surface area contributed by atoms with Crippen LogP contribution in [0.5, 0.6) is 0 Å². The summed E-state index contributed by atoms with van der Waals surface area (Å²) in [5.41, 5.74) is 3.04. The van der Waals surface area contributed by atoms with Crippen LogP contribution in [0.2, 0.25) is 0 Å². The van der Waals surface area contributed by atoms with Gasteiger partial charge in [-0.2, -0.15) is 0 Å². The zero-order chi connectivity index (χ0) is 18.8. The highest BCUT2D eigenvalue weighted by Crippen LogP contribution is 2.32. The number of hydrogen-bond acceptors (Lipinski definition) is 4. The lowest BCUT2D eigenvalue weighted by atomic mass is 10.2. The van der Waals surface area contributed by atoms with Crippen molar-refractivity contribution in [1.82, 2.24) is 15.2 Å². The maximum Gasteiger partial charge on any atom is 0.268 e. The molecule has 0 saturated carbocycles. The lowest BCUT2D eigenvalue weighted by Crippen LogP contribution is -2.36. The Hall–Kier alpha value is -2.22. The minimum Gasteiger partial charge on any atom is -0.379 e. The van der Waals surface area contributed by atoms with Gasteiger partial charge in [-0.25, -0.2) is 4.39 Å². The molecule has 0 aliphatic carbocycles. The topological polar surface area (TPSA) is 57.4 Å². The van der Waals surface area contributed by atoms with Gasteiger partial charge < -0.3 is 15.0 Å². The summed E-state index contributed by atoms with van der Waals surface area (Å²) >= 11 is 1.69. The van der Waals surface area contributed by atoms with Crippen molar-refractivity contribution in [3.63, 3.8) is 0 Å². The first-order chi connectivity index (χ1) is 13.1. The molecule has 0 atom stereocenters. The number of carbonyl (C=O) groups is 1. The number of rotatable bonds is 5. The highest BCUT2D eigenvalue weighted by Gasteiger charge is 2.22. The summed E-state index contributed by atoms with van der Waals surface area (Å²) in [5.74, 6) is -0.517. The minimum absolute atomic E-state index is 0.161. The predicted octanol–water partition coefficient (Wildman–Crippen LogP) is 3.44. The maximum absolute atomic E-state index is 13.8. The number of carbonyl (C=O) groups excluding carboxylic acids is 1. The molecular weight excluding hydrogens is 365 g/mol.